The Bertz CT molecular complexity index is 392. The Hall–Kier alpha value is -0.960. The minimum absolute atomic E-state index is 0.236. The molecule has 1 saturated carbocycles. The molecule has 88 valence electrons. The zero-order chi connectivity index (χ0) is 11.8. The van der Waals surface area contributed by atoms with Gasteiger partial charge in [-0.3, -0.25) is 0 Å². The van der Waals surface area contributed by atoms with Crippen molar-refractivity contribution in [3.8, 4) is 0 Å². The number of rotatable bonds is 2. The standard InChI is InChI=1S/C13H17F2N/c1-13(6-5-10(8-13)16-2)11-7-9(14)3-4-12(11)15/h3-4,7,10,16H,5-6,8H2,1-2H3. The van der Waals surface area contributed by atoms with Gasteiger partial charge in [0.15, 0.2) is 0 Å². The Balaban J connectivity index is 2.33. The van der Waals surface area contributed by atoms with Crippen molar-refractivity contribution in [2.24, 2.45) is 0 Å². The van der Waals surface area contributed by atoms with E-state index in [-0.39, 0.29) is 17.0 Å². The summed E-state index contributed by atoms with van der Waals surface area (Å²) in [6, 6.07) is 4.15. The van der Waals surface area contributed by atoms with Gasteiger partial charge in [-0.2, -0.15) is 0 Å². The highest BCUT2D eigenvalue weighted by atomic mass is 19.1. The molecule has 1 aliphatic carbocycles. The van der Waals surface area contributed by atoms with Gasteiger partial charge in [-0.15, -0.1) is 0 Å². The van der Waals surface area contributed by atoms with Crippen LogP contribution in [0.2, 0.25) is 0 Å². The van der Waals surface area contributed by atoms with E-state index in [2.05, 4.69) is 5.32 Å². The minimum Gasteiger partial charge on any atom is -0.317 e. The number of hydrogen-bond acceptors (Lipinski definition) is 1. The normalized spacial score (nSPS) is 29.6. The molecule has 16 heavy (non-hydrogen) atoms. The van der Waals surface area contributed by atoms with Crippen LogP contribution in [0.1, 0.15) is 31.7 Å². The summed E-state index contributed by atoms with van der Waals surface area (Å²) in [5.41, 5.74) is 0.283. The highest BCUT2D eigenvalue weighted by molar-refractivity contribution is 5.29. The topological polar surface area (TPSA) is 12.0 Å². The molecule has 2 atom stereocenters. The van der Waals surface area contributed by atoms with Crippen LogP contribution in [0.4, 0.5) is 8.78 Å². The summed E-state index contributed by atoms with van der Waals surface area (Å²) >= 11 is 0. The summed E-state index contributed by atoms with van der Waals surface area (Å²) in [7, 11) is 1.92. The predicted molar refractivity (Wildman–Crippen MR) is 60.4 cm³/mol. The molecule has 0 aromatic heterocycles. The lowest BCUT2D eigenvalue weighted by molar-refractivity contribution is 0.436. The molecule has 0 amide bonds. The van der Waals surface area contributed by atoms with Gasteiger partial charge in [-0.05, 0) is 55.5 Å². The molecular formula is C13H17F2N. The summed E-state index contributed by atoms with van der Waals surface area (Å²) in [5, 5.41) is 3.21. The lowest BCUT2D eigenvalue weighted by atomic mass is 9.80. The first kappa shape index (κ1) is 11.5. The fourth-order valence-corrected chi connectivity index (χ4v) is 2.69. The zero-order valence-electron chi connectivity index (χ0n) is 9.69. The van der Waals surface area contributed by atoms with Crippen LogP contribution < -0.4 is 5.32 Å². The molecule has 2 rings (SSSR count). The Morgan fingerprint density at radius 2 is 2.12 bits per heavy atom. The fraction of sp³-hybridized carbons (Fsp3) is 0.538. The van der Waals surface area contributed by atoms with E-state index in [9.17, 15) is 8.78 Å². The predicted octanol–water partition coefficient (Wildman–Crippen LogP) is 2.99. The highest BCUT2D eigenvalue weighted by Gasteiger charge is 2.37. The van der Waals surface area contributed by atoms with E-state index < -0.39 is 0 Å². The first-order valence-corrected chi connectivity index (χ1v) is 5.68. The molecule has 1 nitrogen and oxygen atoms in total. The second kappa shape index (κ2) is 4.13. The van der Waals surface area contributed by atoms with Crippen LogP contribution in [0.15, 0.2) is 18.2 Å². The number of nitrogens with one attached hydrogen (secondary N) is 1. The van der Waals surface area contributed by atoms with Crippen LogP contribution in [0.25, 0.3) is 0 Å². The molecule has 0 aliphatic heterocycles. The summed E-state index contributed by atoms with van der Waals surface area (Å²) in [5.74, 6) is -0.647. The zero-order valence-corrected chi connectivity index (χ0v) is 9.69. The van der Waals surface area contributed by atoms with Crippen LogP contribution in [0, 0.1) is 11.6 Å². The van der Waals surface area contributed by atoms with Gasteiger partial charge >= 0.3 is 0 Å². The van der Waals surface area contributed by atoms with Crippen molar-refractivity contribution in [2.75, 3.05) is 7.05 Å². The van der Waals surface area contributed by atoms with Gasteiger partial charge in [0.2, 0.25) is 0 Å². The highest BCUT2D eigenvalue weighted by Crippen LogP contribution is 2.41. The first-order valence-electron chi connectivity index (χ1n) is 5.68. The van der Waals surface area contributed by atoms with E-state index in [1.54, 1.807) is 0 Å². The van der Waals surface area contributed by atoms with Crippen molar-refractivity contribution in [1.29, 1.82) is 0 Å². The van der Waals surface area contributed by atoms with Gasteiger partial charge in [-0.25, -0.2) is 8.78 Å². The molecule has 1 N–H and O–H groups in total. The van der Waals surface area contributed by atoms with Crippen molar-refractivity contribution < 1.29 is 8.78 Å². The fourth-order valence-electron chi connectivity index (χ4n) is 2.69. The molecule has 1 aromatic carbocycles. The van der Waals surface area contributed by atoms with Gasteiger partial charge in [-0.1, -0.05) is 6.92 Å². The van der Waals surface area contributed by atoms with Crippen molar-refractivity contribution >= 4 is 0 Å². The lowest BCUT2D eigenvalue weighted by Gasteiger charge is -2.25. The Labute approximate surface area is 94.9 Å². The van der Waals surface area contributed by atoms with Gasteiger partial charge in [0.25, 0.3) is 0 Å². The van der Waals surface area contributed by atoms with Crippen LogP contribution in [0.3, 0.4) is 0 Å². The third-order valence-electron chi connectivity index (χ3n) is 3.73. The van der Waals surface area contributed by atoms with Gasteiger partial charge in [0.05, 0.1) is 0 Å². The Morgan fingerprint density at radius 1 is 1.38 bits per heavy atom. The molecule has 1 aliphatic rings. The molecule has 0 spiro atoms. The van der Waals surface area contributed by atoms with Crippen molar-refractivity contribution in [1.82, 2.24) is 5.32 Å². The van der Waals surface area contributed by atoms with Crippen molar-refractivity contribution in [2.45, 2.75) is 37.6 Å². The molecule has 0 bridgehead atoms. The molecule has 0 heterocycles. The van der Waals surface area contributed by atoms with Crippen molar-refractivity contribution in [3.05, 3.63) is 35.4 Å². The van der Waals surface area contributed by atoms with Gasteiger partial charge in [0, 0.05) is 6.04 Å². The maximum absolute atomic E-state index is 13.7. The smallest absolute Gasteiger partial charge is 0.127 e. The lowest BCUT2D eigenvalue weighted by Crippen LogP contribution is -2.26. The molecule has 2 unspecified atom stereocenters. The first-order chi connectivity index (χ1) is 7.55. The molecule has 0 radical (unpaired) electrons. The second-order valence-electron chi connectivity index (χ2n) is 4.91. The van der Waals surface area contributed by atoms with E-state index in [0.29, 0.717) is 11.6 Å². The van der Waals surface area contributed by atoms with Crippen molar-refractivity contribution in [3.63, 3.8) is 0 Å². The molecule has 3 heteroatoms. The van der Waals surface area contributed by atoms with Crippen LogP contribution >= 0.6 is 0 Å². The van der Waals surface area contributed by atoms with E-state index in [1.807, 2.05) is 14.0 Å². The average Bonchev–Trinajstić information content (AvgIpc) is 2.65. The summed E-state index contributed by atoms with van der Waals surface area (Å²) in [6.07, 6.45) is 2.78. The largest absolute Gasteiger partial charge is 0.317 e. The number of halogens is 2. The second-order valence-corrected chi connectivity index (χ2v) is 4.91. The van der Waals surface area contributed by atoms with E-state index in [4.69, 9.17) is 0 Å². The molecule has 1 aromatic rings. The van der Waals surface area contributed by atoms with E-state index >= 15 is 0 Å². The maximum Gasteiger partial charge on any atom is 0.127 e. The third kappa shape index (κ3) is 1.96. The summed E-state index contributed by atoms with van der Waals surface area (Å²) in [6.45, 7) is 2.02. The summed E-state index contributed by atoms with van der Waals surface area (Å²) < 4.78 is 26.9. The van der Waals surface area contributed by atoms with Gasteiger partial charge in [0.1, 0.15) is 11.6 Å². The Kier molecular flexibility index (Phi) is 2.98. The van der Waals surface area contributed by atoms with Crippen LogP contribution in [-0.4, -0.2) is 13.1 Å². The SMILES string of the molecule is CNC1CCC(C)(c2cc(F)ccc2F)C1. The Morgan fingerprint density at radius 3 is 2.75 bits per heavy atom. The van der Waals surface area contributed by atoms with Crippen LogP contribution in [0.5, 0.6) is 0 Å². The quantitative estimate of drug-likeness (QED) is 0.816. The minimum atomic E-state index is -0.356. The van der Waals surface area contributed by atoms with E-state index in [0.717, 1.165) is 19.3 Å². The number of hydrogen-bond donors (Lipinski definition) is 1. The average molecular weight is 225 g/mol. The molecular weight excluding hydrogens is 208 g/mol. The molecule has 1 fully saturated rings. The molecule has 0 saturated heterocycles. The van der Waals surface area contributed by atoms with E-state index in [1.165, 1.54) is 18.2 Å². The monoisotopic (exact) mass is 225 g/mol. The van der Waals surface area contributed by atoms with Crippen LogP contribution in [-0.2, 0) is 5.41 Å². The van der Waals surface area contributed by atoms with Gasteiger partial charge < -0.3 is 5.32 Å². The maximum atomic E-state index is 13.7. The summed E-state index contributed by atoms with van der Waals surface area (Å²) in [4.78, 5) is 0. The number of benzene rings is 1. The third-order valence-corrected chi connectivity index (χ3v) is 3.73.